The second kappa shape index (κ2) is 6.31. The van der Waals surface area contributed by atoms with E-state index in [2.05, 4.69) is 5.32 Å². The Bertz CT molecular complexity index is 635. The highest BCUT2D eigenvalue weighted by atomic mass is 35.5. The fourth-order valence-electron chi connectivity index (χ4n) is 2.25. The van der Waals surface area contributed by atoms with E-state index in [1.165, 1.54) is 0 Å². The number of carbonyl (C=O) groups is 1. The molecule has 2 rings (SSSR count). The van der Waals surface area contributed by atoms with Crippen LogP contribution in [0.15, 0.2) is 48.5 Å². The Morgan fingerprint density at radius 1 is 1.14 bits per heavy atom. The van der Waals surface area contributed by atoms with Crippen molar-refractivity contribution in [2.24, 2.45) is 5.41 Å². The van der Waals surface area contributed by atoms with Gasteiger partial charge in [-0.05, 0) is 42.7 Å². The maximum Gasteiger partial charge on any atom is 0.230 e. The van der Waals surface area contributed by atoms with Crippen molar-refractivity contribution >= 4 is 23.2 Å². The maximum atomic E-state index is 12.5. The van der Waals surface area contributed by atoms with Gasteiger partial charge in [0.15, 0.2) is 0 Å². The summed E-state index contributed by atoms with van der Waals surface area (Å²) >= 11 is 5.94. The van der Waals surface area contributed by atoms with Crippen molar-refractivity contribution in [3.8, 4) is 0 Å². The summed E-state index contributed by atoms with van der Waals surface area (Å²) in [4.78, 5) is 12.5. The topological polar surface area (TPSA) is 29.1 Å². The molecule has 2 aromatic carbocycles. The summed E-state index contributed by atoms with van der Waals surface area (Å²) in [6.07, 6.45) is 0.701. The van der Waals surface area contributed by atoms with Crippen molar-refractivity contribution in [1.29, 1.82) is 0 Å². The van der Waals surface area contributed by atoms with E-state index >= 15 is 0 Å². The van der Waals surface area contributed by atoms with Gasteiger partial charge in [-0.3, -0.25) is 4.79 Å². The van der Waals surface area contributed by atoms with E-state index in [1.807, 2.05) is 63.2 Å². The molecule has 21 heavy (non-hydrogen) atoms. The van der Waals surface area contributed by atoms with E-state index in [0.29, 0.717) is 11.4 Å². The lowest BCUT2D eigenvalue weighted by atomic mass is 9.84. The van der Waals surface area contributed by atoms with Crippen LogP contribution < -0.4 is 5.32 Å². The van der Waals surface area contributed by atoms with Gasteiger partial charge in [0.25, 0.3) is 0 Å². The molecule has 0 aromatic heterocycles. The SMILES string of the molecule is Cc1cc(Cl)ccc1NC(=O)C(C)(C)Cc1ccccc1. The highest BCUT2D eigenvalue weighted by molar-refractivity contribution is 6.30. The molecule has 0 aliphatic heterocycles. The zero-order valence-corrected chi connectivity index (χ0v) is 13.4. The van der Waals surface area contributed by atoms with Gasteiger partial charge >= 0.3 is 0 Å². The first kappa shape index (κ1) is 15.6. The molecule has 0 unspecified atom stereocenters. The number of hydrogen-bond acceptors (Lipinski definition) is 1. The maximum absolute atomic E-state index is 12.5. The van der Waals surface area contributed by atoms with Crippen molar-refractivity contribution in [1.82, 2.24) is 0 Å². The minimum absolute atomic E-state index is 0.0109. The molecule has 0 saturated heterocycles. The Labute approximate surface area is 131 Å². The first-order valence-electron chi connectivity index (χ1n) is 7.00. The lowest BCUT2D eigenvalue weighted by molar-refractivity contribution is -0.123. The fraction of sp³-hybridized carbons (Fsp3) is 0.278. The standard InChI is InChI=1S/C18H20ClNO/c1-13-11-15(19)9-10-16(13)20-17(21)18(2,3)12-14-7-5-4-6-8-14/h4-11H,12H2,1-3H3,(H,20,21). The number of anilines is 1. The lowest BCUT2D eigenvalue weighted by Crippen LogP contribution is -2.33. The van der Waals surface area contributed by atoms with Gasteiger partial charge in [-0.15, -0.1) is 0 Å². The molecule has 0 aliphatic carbocycles. The molecular formula is C18H20ClNO. The molecule has 1 N–H and O–H groups in total. The van der Waals surface area contributed by atoms with Crippen LogP contribution in [0, 0.1) is 12.3 Å². The van der Waals surface area contributed by atoms with Gasteiger partial charge < -0.3 is 5.32 Å². The highest BCUT2D eigenvalue weighted by Gasteiger charge is 2.28. The van der Waals surface area contributed by atoms with E-state index in [9.17, 15) is 4.79 Å². The Morgan fingerprint density at radius 2 is 1.81 bits per heavy atom. The normalized spacial score (nSPS) is 11.2. The zero-order valence-electron chi connectivity index (χ0n) is 12.6. The van der Waals surface area contributed by atoms with Gasteiger partial charge in [-0.2, -0.15) is 0 Å². The van der Waals surface area contributed by atoms with Crippen molar-refractivity contribution in [2.75, 3.05) is 5.32 Å². The minimum atomic E-state index is -0.479. The zero-order chi connectivity index (χ0) is 15.5. The molecule has 0 atom stereocenters. The fourth-order valence-corrected chi connectivity index (χ4v) is 2.47. The van der Waals surface area contributed by atoms with Crippen molar-refractivity contribution < 1.29 is 4.79 Å². The molecule has 1 amide bonds. The third-order valence-corrected chi connectivity index (χ3v) is 3.78. The van der Waals surface area contributed by atoms with Crippen LogP contribution in [0.4, 0.5) is 5.69 Å². The smallest absolute Gasteiger partial charge is 0.230 e. The number of amides is 1. The Kier molecular flexibility index (Phi) is 4.69. The van der Waals surface area contributed by atoms with Crippen LogP contribution in [-0.4, -0.2) is 5.91 Å². The van der Waals surface area contributed by atoms with Crippen molar-refractivity contribution in [3.63, 3.8) is 0 Å². The van der Waals surface area contributed by atoms with Crippen LogP contribution in [0.5, 0.6) is 0 Å². The average Bonchev–Trinajstić information content (AvgIpc) is 2.42. The van der Waals surface area contributed by atoms with Gasteiger partial charge in [-0.1, -0.05) is 55.8 Å². The number of halogens is 1. The van der Waals surface area contributed by atoms with E-state index in [0.717, 1.165) is 16.8 Å². The van der Waals surface area contributed by atoms with E-state index in [1.54, 1.807) is 6.07 Å². The van der Waals surface area contributed by atoms with Gasteiger partial charge in [0, 0.05) is 16.1 Å². The number of benzene rings is 2. The van der Waals surface area contributed by atoms with Crippen LogP contribution in [0.1, 0.15) is 25.0 Å². The third-order valence-electron chi connectivity index (χ3n) is 3.54. The summed E-state index contributed by atoms with van der Waals surface area (Å²) in [5, 5.41) is 3.68. The van der Waals surface area contributed by atoms with Gasteiger partial charge in [0.2, 0.25) is 5.91 Å². The van der Waals surface area contributed by atoms with Crippen LogP contribution in [-0.2, 0) is 11.2 Å². The molecule has 0 aliphatic rings. The molecular weight excluding hydrogens is 282 g/mol. The number of nitrogens with one attached hydrogen (secondary N) is 1. The first-order valence-corrected chi connectivity index (χ1v) is 7.38. The molecule has 0 fully saturated rings. The van der Waals surface area contributed by atoms with Gasteiger partial charge in [0.1, 0.15) is 0 Å². The van der Waals surface area contributed by atoms with Crippen LogP contribution in [0.25, 0.3) is 0 Å². The molecule has 0 radical (unpaired) electrons. The molecule has 0 spiro atoms. The Hall–Kier alpha value is -1.80. The average molecular weight is 302 g/mol. The number of hydrogen-bond donors (Lipinski definition) is 1. The molecule has 110 valence electrons. The number of carbonyl (C=O) groups excluding carboxylic acids is 1. The molecule has 2 nitrogen and oxygen atoms in total. The van der Waals surface area contributed by atoms with Gasteiger partial charge in [-0.25, -0.2) is 0 Å². The Morgan fingerprint density at radius 3 is 2.43 bits per heavy atom. The van der Waals surface area contributed by atoms with E-state index < -0.39 is 5.41 Å². The van der Waals surface area contributed by atoms with E-state index in [-0.39, 0.29) is 5.91 Å². The molecule has 0 bridgehead atoms. The third kappa shape index (κ3) is 4.08. The summed E-state index contributed by atoms with van der Waals surface area (Å²) in [6, 6.07) is 15.5. The molecule has 0 saturated carbocycles. The lowest BCUT2D eigenvalue weighted by Gasteiger charge is -2.24. The van der Waals surface area contributed by atoms with Crippen LogP contribution in [0.2, 0.25) is 5.02 Å². The molecule has 3 heteroatoms. The predicted octanol–water partition coefficient (Wildman–Crippen LogP) is 4.86. The molecule has 2 aromatic rings. The summed E-state index contributed by atoms with van der Waals surface area (Å²) in [5.41, 5.74) is 2.45. The summed E-state index contributed by atoms with van der Waals surface area (Å²) in [7, 11) is 0. The second-order valence-corrected chi connectivity index (χ2v) is 6.40. The van der Waals surface area contributed by atoms with Crippen molar-refractivity contribution in [2.45, 2.75) is 27.2 Å². The monoisotopic (exact) mass is 301 g/mol. The summed E-state index contributed by atoms with van der Waals surface area (Å²) < 4.78 is 0. The minimum Gasteiger partial charge on any atom is -0.325 e. The first-order chi connectivity index (χ1) is 9.88. The van der Waals surface area contributed by atoms with Crippen LogP contribution >= 0.6 is 11.6 Å². The second-order valence-electron chi connectivity index (χ2n) is 5.96. The number of rotatable bonds is 4. The molecule has 0 heterocycles. The number of aryl methyl sites for hydroxylation is 1. The summed E-state index contributed by atoms with van der Waals surface area (Å²) in [5.74, 6) is 0.0109. The van der Waals surface area contributed by atoms with Crippen molar-refractivity contribution in [3.05, 3.63) is 64.7 Å². The quantitative estimate of drug-likeness (QED) is 0.859. The summed E-state index contributed by atoms with van der Waals surface area (Å²) in [6.45, 7) is 5.85. The Balaban J connectivity index is 2.11. The van der Waals surface area contributed by atoms with E-state index in [4.69, 9.17) is 11.6 Å². The predicted molar refractivity (Wildman–Crippen MR) is 88.7 cm³/mol. The van der Waals surface area contributed by atoms with Gasteiger partial charge in [0.05, 0.1) is 0 Å². The largest absolute Gasteiger partial charge is 0.325 e. The van der Waals surface area contributed by atoms with Crippen LogP contribution in [0.3, 0.4) is 0 Å². The highest BCUT2D eigenvalue weighted by Crippen LogP contribution is 2.26.